The van der Waals surface area contributed by atoms with Crippen LogP contribution in [0.5, 0.6) is 0 Å². The minimum atomic E-state index is -0.125. The average Bonchev–Trinajstić information content (AvgIpc) is 2.47. The molecule has 0 bridgehead atoms. The quantitative estimate of drug-likeness (QED) is 0.754. The predicted molar refractivity (Wildman–Crippen MR) is 76.5 cm³/mol. The Labute approximate surface area is 112 Å². The first-order chi connectivity index (χ1) is 8.86. The number of hydrogen-bond acceptors (Lipinski definition) is 2. The maximum Gasteiger partial charge on any atom is 0.0662 e. The zero-order valence-electron chi connectivity index (χ0n) is 11.7. The van der Waals surface area contributed by atoms with Crippen LogP contribution in [-0.2, 0) is 0 Å². The van der Waals surface area contributed by atoms with Crippen molar-refractivity contribution in [2.24, 2.45) is 11.8 Å². The van der Waals surface area contributed by atoms with Crippen LogP contribution in [0.25, 0.3) is 0 Å². The molecule has 18 heavy (non-hydrogen) atoms. The first-order valence-corrected chi connectivity index (χ1v) is 7.77. The van der Waals surface area contributed by atoms with Crippen LogP contribution in [0.4, 0.5) is 0 Å². The normalized spacial score (nSPS) is 22.8. The summed E-state index contributed by atoms with van der Waals surface area (Å²) in [5, 5.41) is 15.2. The van der Waals surface area contributed by atoms with Crippen LogP contribution < -0.4 is 0 Å². The SMILES string of the molecule is C(=C\C1CCCCC1)/C1CCCCC1.OCCO. The van der Waals surface area contributed by atoms with Crippen LogP contribution in [0, 0.1) is 11.8 Å². The van der Waals surface area contributed by atoms with Gasteiger partial charge in [0.2, 0.25) is 0 Å². The smallest absolute Gasteiger partial charge is 0.0662 e. The summed E-state index contributed by atoms with van der Waals surface area (Å²) in [6, 6.07) is 0. The van der Waals surface area contributed by atoms with E-state index in [1.807, 2.05) is 0 Å². The van der Waals surface area contributed by atoms with Gasteiger partial charge in [-0.15, -0.1) is 0 Å². The van der Waals surface area contributed by atoms with E-state index in [2.05, 4.69) is 12.2 Å². The third-order valence-corrected chi connectivity index (χ3v) is 4.06. The van der Waals surface area contributed by atoms with Crippen molar-refractivity contribution in [2.75, 3.05) is 13.2 Å². The molecule has 2 rings (SSSR count). The van der Waals surface area contributed by atoms with Gasteiger partial charge in [0.05, 0.1) is 13.2 Å². The Hall–Kier alpha value is -0.340. The molecule has 2 heteroatoms. The highest BCUT2D eigenvalue weighted by atomic mass is 16.3. The van der Waals surface area contributed by atoms with Crippen molar-refractivity contribution in [1.82, 2.24) is 0 Å². The number of aliphatic hydroxyl groups is 2. The van der Waals surface area contributed by atoms with Gasteiger partial charge in [0.15, 0.2) is 0 Å². The van der Waals surface area contributed by atoms with E-state index in [1.54, 1.807) is 0 Å². The van der Waals surface area contributed by atoms with Crippen LogP contribution in [-0.4, -0.2) is 23.4 Å². The Balaban J connectivity index is 0.000000357. The molecule has 2 nitrogen and oxygen atoms in total. The van der Waals surface area contributed by atoms with E-state index in [1.165, 1.54) is 64.2 Å². The van der Waals surface area contributed by atoms with Gasteiger partial charge in [-0.05, 0) is 37.5 Å². The summed E-state index contributed by atoms with van der Waals surface area (Å²) in [5.74, 6) is 1.87. The van der Waals surface area contributed by atoms with Gasteiger partial charge in [-0.2, -0.15) is 0 Å². The van der Waals surface area contributed by atoms with E-state index < -0.39 is 0 Å². The largest absolute Gasteiger partial charge is 0.394 e. The number of allylic oxidation sites excluding steroid dienone is 2. The topological polar surface area (TPSA) is 40.5 Å². The summed E-state index contributed by atoms with van der Waals surface area (Å²) < 4.78 is 0. The standard InChI is InChI=1S/C14H24.C2H6O2/c1-3-7-13(8-4-1)11-12-14-9-5-2-6-10-14;3-1-2-4/h11-14H,1-10H2;3-4H,1-2H2/b12-11+;. The second-order valence-electron chi connectivity index (χ2n) is 5.63. The first kappa shape index (κ1) is 15.7. The van der Waals surface area contributed by atoms with E-state index in [4.69, 9.17) is 10.2 Å². The molecule has 0 aliphatic heterocycles. The molecule has 2 fully saturated rings. The second-order valence-corrected chi connectivity index (χ2v) is 5.63. The molecule has 106 valence electrons. The fourth-order valence-electron chi connectivity index (χ4n) is 2.97. The van der Waals surface area contributed by atoms with Gasteiger partial charge in [0, 0.05) is 0 Å². The molecule has 0 amide bonds. The lowest BCUT2D eigenvalue weighted by Gasteiger charge is -2.21. The maximum absolute atomic E-state index is 7.62. The van der Waals surface area contributed by atoms with E-state index in [0.717, 1.165) is 11.8 Å². The summed E-state index contributed by atoms with van der Waals surface area (Å²) in [7, 11) is 0. The molecular formula is C16H30O2. The molecule has 0 aromatic heterocycles. The molecule has 2 N–H and O–H groups in total. The highest BCUT2D eigenvalue weighted by molar-refractivity contribution is 4.94. The summed E-state index contributed by atoms with van der Waals surface area (Å²) >= 11 is 0. The summed E-state index contributed by atoms with van der Waals surface area (Å²) in [6.45, 7) is -0.250. The number of rotatable bonds is 3. The molecule has 0 saturated heterocycles. The van der Waals surface area contributed by atoms with Crippen LogP contribution in [0.1, 0.15) is 64.2 Å². The van der Waals surface area contributed by atoms with Crippen LogP contribution in [0.2, 0.25) is 0 Å². The van der Waals surface area contributed by atoms with E-state index in [-0.39, 0.29) is 13.2 Å². The summed E-state index contributed by atoms with van der Waals surface area (Å²) in [5.41, 5.74) is 0. The van der Waals surface area contributed by atoms with Gasteiger partial charge in [0.1, 0.15) is 0 Å². The zero-order valence-corrected chi connectivity index (χ0v) is 11.7. The first-order valence-electron chi connectivity index (χ1n) is 7.77. The minimum absolute atomic E-state index is 0.125. The molecule has 2 aliphatic rings. The fraction of sp³-hybridized carbons (Fsp3) is 0.875. The van der Waals surface area contributed by atoms with E-state index in [9.17, 15) is 0 Å². The molecule has 0 unspecified atom stereocenters. The van der Waals surface area contributed by atoms with Gasteiger partial charge in [0.25, 0.3) is 0 Å². The molecule has 0 aromatic carbocycles. The number of aliphatic hydroxyl groups excluding tert-OH is 2. The molecule has 0 heterocycles. The monoisotopic (exact) mass is 254 g/mol. The lowest BCUT2D eigenvalue weighted by molar-refractivity contribution is 0.186. The zero-order chi connectivity index (χ0) is 13.1. The third kappa shape index (κ3) is 7.17. The van der Waals surface area contributed by atoms with Crippen molar-refractivity contribution in [3.05, 3.63) is 12.2 Å². The molecule has 2 aliphatic carbocycles. The van der Waals surface area contributed by atoms with E-state index >= 15 is 0 Å². The Morgan fingerprint density at radius 2 is 0.944 bits per heavy atom. The molecule has 0 radical (unpaired) electrons. The Kier molecular flexibility index (Phi) is 9.23. The molecule has 0 atom stereocenters. The molecular weight excluding hydrogens is 224 g/mol. The van der Waals surface area contributed by atoms with Gasteiger partial charge in [-0.25, -0.2) is 0 Å². The molecule has 0 aromatic rings. The number of hydrogen-bond donors (Lipinski definition) is 2. The van der Waals surface area contributed by atoms with Crippen molar-refractivity contribution in [3.63, 3.8) is 0 Å². The summed E-state index contributed by atoms with van der Waals surface area (Å²) in [6.07, 6.45) is 19.8. The molecule has 2 saturated carbocycles. The van der Waals surface area contributed by atoms with Crippen molar-refractivity contribution in [3.8, 4) is 0 Å². The maximum atomic E-state index is 7.62. The summed E-state index contributed by atoms with van der Waals surface area (Å²) in [4.78, 5) is 0. The molecule has 0 spiro atoms. The Bertz CT molecular complexity index is 179. The van der Waals surface area contributed by atoms with Crippen molar-refractivity contribution >= 4 is 0 Å². The van der Waals surface area contributed by atoms with Gasteiger partial charge < -0.3 is 10.2 Å². The van der Waals surface area contributed by atoms with Gasteiger partial charge in [-0.3, -0.25) is 0 Å². The Morgan fingerprint density at radius 1 is 0.611 bits per heavy atom. The van der Waals surface area contributed by atoms with Crippen molar-refractivity contribution in [1.29, 1.82) is 0 Å². The minimum Gasteiger partial charge on any atom is -0.394 e. The van der Waals surface area contributed by atoms with E-state index in [0.29, 0.717) is 0 Å². The highest BCUT2D eigenvalue weighted by Crippen LogP contribution is 2.28. The Morgan fingerprint density at radius 3 is 1.22 bits per heavy atom. The van der Waals surface area contributed by atoms with Crippen LogP contribution in [0.15, 0.2) is 12.2 Å². The van der Waals surface area contributed by atoms with Gasteiger partial charge >= 0.3 is 0 Å². The predicted octanol–water partition coefficient (Wildman–Crippen LogP) is 3.67. The van der Waals surface area contributed by atoms with Gasteiger partial charge in [-0.1, -0.05) is 50.7 Å². The highest BCUT2D eigenvalue weighted by Gasteiger charge is 2.13. The third-order valence-electron chi connectivity index (χ3n) is 4.06. The second kappa shape index (κ2) is 10.6. The lowest BCUT2D eigenvalue weighted by atomic mass is 9.85. The average molecular weight is 254 g/mol. The van der Waals surface area contributed by atoms with Crippen molar-refractivity contribution in [2.45, 2.75) is 64.2 Å². The lowest BCUT2D eigenvalue weighted by Crippen LogP contribution is -2.06. The van der Waals surface area contributed by atoms with Crippen molar-refractivity contribution < 1.29 is 10.2 Å². The fourth-order valence-corrected chi connectivity index (χ4v) is 2.97. The van der Waals surface area contributed by atoms with Crippen LogP contribution in [0.3, 0.4) is 0 Å². The van der Waals surface area contributed by atoms with Crippen LogP contribution >= 0.6 is 0 Å².